The second-order valence-corrected chi connectivity index (χ2v) is 7.87. The van der Waals surface area contributed by atoms with Crippen LogP contribution in [0.4, 0.5) is 0 Å². The first kappa shape index (κ1) is 14.2. The average Bonchev–Trinajstić information content (AvgIpc) is 2.49. The van der Waals surface area contributed by atoms with Gasteiger partial charge in [0.25, 0.3) is 0 Å². The van der Waals surface area contributed by atoms with Gasteiger partial charge in [-0.05, 0) is 29.4 Å². The molecule has 0 aliphatic rings. The number of hydrogen-bond acceptors (Lipinski definition) is 0. The predicted molar refractivity (Wildman–Crippen MR) is 84.8 cm³/mol. The summed E-state index contributed by atoms with van der Waals surface area (Å²) >= 11 is 0. The van der Waals surface area contributed by atoms with Crippen LogP contribution in [0.5, 0.6) is 0 Å². The number of rotatable bonds is 1. The molecule has 1 heteroatoms. The van der Waals surface area contributed by atoms with Crippen LogP contribution in [-0.2, 0) is 12.0 Å². The first-order valence-electron chi connectivity index (χ1n) is 7.19. The van der Waals surface area contributed by atoms with Crippen molar-refractivity contribution in [3.05, 3.63) is 35.5 Å². The molecule has 0 aliphatic heterocycles. The maximum atomic E-state index is 2.50. The molecule has 0 spiro atoms. The molecule has 0 unspecified atom stereocenters. The predicted octanol–water partition coefficient (Wildman–Crippen LogP) is 5.29. The summed E-state index contributed by atoms with van der Waals surface area (Å²) in [5.74, 6) is 0. The van der Waals surface area contributed by atoms with E-state index in [9.17, 15) is 0 Å². The number of hydrogen-bond donors (Lipinski definition) is 0. The fraction of sp³-hybridized carbons (Fsp3) is 0.556. The van der Waals surface area contributed by atoms with Crippen LogP contribution in [0.1, 0.15) is 52.8 Å². The highest BCUT2D eigenvalue weighted by atomic mass is 15.0. The molecule has 19 heavy (non-hydrogen) atoms. The summed E-state index contributed by atoms with van der Waals surface area (Å²) in [6.45, 7) is 17.2. The number of benzene rings is 1. The smallest absolute Gasteiger partial charge is 0.0485 e. The maximum Gasteiger partial charge on any atom is 0.0485 e. The van der Waals surface area contributed by atoms with E-state index in [1.807, 2.05) is 0 Å². The first-order chi connectivity index (χ1) is 8.61. The van der Waals surface area contributed by atoms with E-state index in [0.29, 0.717) is 5.41 Å². The minimum Gasteiger partial charge on any atom is -0.344 e. The van der Waals surface area contributed by atoms with Crippen LogP contribution in [0.15, 0.2) is 24.3 Å². The van der Waals surface area contributed by atoms with Crippen LogP contribution in [0, 0.1) is 12.3 Å². The van der Waals surface area contributed by atoms with E-state index >= 15 is 0 Å². The molecule has 104 valence electrons. The largest absolute Gasteiger partial charge is 0.344 e. The topological polar surface area (TPSA) is 4.93 Å². The van der Waals surface area contributed by atoms with Gasteiger partial charge in [0.15, 0.2) is 0 Å². The molecule has 0 N–H and O–H groups in total. The van der Waals surface area contributed by atoms with E-state index in [1.165, 1.54) is 22.2 Å². The van der Waals surface area contributed by atoms with Gasteiger partial charge >= 0.3 is 0 Å². The lowest BCUT2D eigenvalue weighted by molar-refractivity contribution is 0.345. The summed E-state index contributed by atoms with van der Waals surface area (Å²) in [5.41, 5.74) is 4.77. The van der Waals surface area contributed by atoms with Gasteiger partial charge in [0.1, 0.15) is 0 Å². The molecule has 0 saturated carbocycles. The molecular formula is C18H27N. The van der Waals surface area contributed by atoms with Crippen LogP contribution >= 0.6 is 0 Å². The van der Waals surface area contributed by atoms with Crippen molar-refractivity contribution < 1.29 is 0 Å². The maximum absolute atomic E-state index is 2.50. The standard InChI is InChI=1S/C18H27N/c1-13-16(18(5,6)7)14-10-8-9-11-15(14)19(13)12-17(2,3)4/h8-11H,12H2,1-7H3. The van der Waals surface area contributed by atoms with Crippen molar-refractivity contribution in [3.63, 3.8) is 0 Å². The second-order valence-electron chi connectivity index (χ2n) is 7.87. The van der Waals surface area contributed by atoms with Crippen LogP contribution in [0.25, 0.3) is 10.9 Å². The highest BCUT2D eigenvalue weighted by Gasteiger charge is 2.25. The molecule has 0 bridgehead atoms. The van der Waals surface area contributed by atoms with Crippen LogP contribution < -0.4 is 0 Å². The summed E-state index contributed by atoms with van der Waals surface area (Å²) in [5, 5.41) is 1.41. The summed E-state index contributed by atoms with van der Waals surface area (Å²) in [4.78, 5) is 0. The third-order valence-electron chi connectivity index (χ3n) is 3.61. The summed E-state index contributed by atoms with van der Waals surface area (Å²) in [6, 6.07) is 8.82. The van der Waals surface area contributed by atoms with Crippen molar-refractivity contribution in [2.24, 2.45) is 5.41 Å². The molecule has 0 radical (unpaired) electrons. The molecule has 0 saturated heterocycles. The Morgan fingerprint density at radius 1 is 0.947 bits per heavy atom. The molecule has 1 aromatic heterocycles. The van der Waals surface area contributed by atoms with Crippen molar-refractivity contribution in [1.82, 2.24) is 4.57 Å². The molecule has 0 amide bonds. The molecule has 0 fully saturated rings. The molecule has 1 heterocycles. The Bertz CT molecular complexity index is 588. The Kier molecular flexibility index (Phi) is 3.28. The highest BCUT2D eigenvalue weighted by molar-refractivity contribution is 5.86. The molecule has 0 aliphatic carbocycles. The van der Waals surface area contributed by atoms with Gasteiger partial charge in [-0.25, -0.2) is 0 Å². The zero-order valence-corrected chi connectivity index (χ0v) is 13.5. The van der Waals surface area contributed by atoms with Gasteiger partial charge < -0.3 is 4.57 Å². The minimum atomic E-state index is 0.187. The lowest BCUT2D eigenvalue weighted by Crippen LogP contribution is -2.18. The molecule has 1 aromatic carbocycles. The van der Waals surface area contributed by atoms with Crippen molar-refractivity contribution in [2.45, 2.75) is 60.4 Å². The van der Waals surface area contributed by atoms with E-state index in [4.69, 9.17) is 0 Å². The third-order valence-corrected chi connectivity index (χ3v) is 3.61. The molecule has 0 atom stereocenters. The number of para-hydroxylation sites is 1. The first-order valence-corrected chi connectivity index (χ1v) is 7.19. The van der Waals surface area contributed by atoms with Crippen molar-refractivity contribution >= 4 is 10.9 Å². The van der Waals surface area contributed by atoms with E-state index in [-0.39, 0.29) is 5.41 Å². The monoisotopic (exact) mass is 257 g/mol. The Balaban J connectivity index is 2.75. The van der Waals surface area contributed by atoms with E-state index < -0.39 is 0 Å². The second kappa shape index (κ2) is 4.40. The van der Waals surface area contributed by atoms with Crippen molar-refractivity contribution in [3.8, 4) is 0 Å². The average molecular weight is 257 g/mol. The van der Waals surface area contributed by atoms with Gasteiger partial charge in [0, 0.05) is 23.1 Å². The summed E-state index contributed by atoms with van der Waals surface area (Å²) < 4.78 is 2.50. The quantitative estimate of drug-likeness (QED) is 0.654. The number of aromatic nitrogens is 1. The molecule has 2 aromatic rings. The van der Waals surface area contributed by atoms with Gasteiger partial charge in [0.05, 0.1) is 0 Å². The van der Waals surface area contributed by atoms with Crippen molar-refractivity contribution in [1.29, 1.82) is 0 Å². The van der Waals surface area contributed by atoms with E-state index in [1.54, 1.807) is 0 Å². The zero-order valence-electron chi connectivity index (χ0n) is 13.5. The van der Waals surface area contributed by atoms with Crippen LogP contribution in [-0.4, -0.2) is 4.57 Å². The zero-order chi connectivity index (χ0) is 14.4. The van der Waals surface area contributed by atoms with Crippen LogP contribution in [0.2, 0.25) is 0 Å². The minimum absolute atomic E-state index is 0.187. The van der Waals surface area contributed by atoms with Crippen molar-refractivity contribution in [2.75, 3.05) is 0 Å². The molecule has 2 rings (SSSR count). The fourth-order valence-electron chi connectivity index (χ4n) is 3.06. The summed E-state index contributed by atoms with van der Waals surface area (Å²) in [7, 11) is 0. The van der Waals surface area contributed by atoms with Gasteiger partial charge in [-0.15, -0.1) is 0 Å². The Labute approximate surface area is 117 Å². The SMILES string of the molecule is Cc1c(C(C)(C)C)c2ccccc2n1CC(C)(C)C. The van der Waals surface area contributed by atoms with Crippen LogP contribution in [0.3, 0.4) is 0 Å². The van der Waals surface area contributed by atoms with Gasteiger partial charge in [-0.1, -0.05) is 59.7 Å². The van der Waals surface area contributed by atoms with E-state index in [2.05, 4.69) is 77.3 Å². The number of nitrogens with zero attached hydrogens (tertiary/aromatic N) is 1. The Morgan fingerprint density at radius 3 is 2.05 bits per heavy atom. The highest BCUT2D eigenvalue weighted by Crippen LogP contribution is 2.36. The fourth-order valence-corrected chi connectivity index (χ4v) is 3.06. The van der Waals surface area contributed by atoms with Gasteiger partial charge in [-0.2, -0.15) is 0 Å². The normalized spacial score (nSPS) is 13.2. The molecule has 1 nitrogen and oxygen atoms in total. The number of fused-ring (bicyclic) bond motifs is 1. The lowest BCUT2D eigenvalue weighted by Gasteiger charge is -2.23. The van der Waals surface area contributed by atoms with E-state index in [0.717, 1.165) is 6.54 Å². The van der Waals surface area contributed by atoms with Gasteiger partial charge in [-0.3, -0.25) is 0 Å². The Morgan fingerprint density at radius 2 is 1.53 bits per heavy atom. The van der Waals surface area contributed by atoms with Gasteiger partial charge in [0.2, 0.25) is 0 Å². The third kappa shape index (κ3) is 2.70. The lowest BCUT2D eigenvalue weighted by atomic mass is 9.85. The summed E-state index contributed by atoms with van der Waals surface area (Å²) in [6.07, 6.45) is 0. The Hall–Kier alpha value is -1.24. The molecular weight excluding hydrogens is 230 g/mol.